The first-order valence-corrected chi connectivity index (χ1v) is 5.62. The van der Waals surface area contributed by atoms with Gasteiger partial charge in [-0.25, -0.2) is 0 Å². The molecule has 0 aromatic carbocycles. The van der Waals surface area contributed by atoms with E-state index in [0.29, 0.717) is 0 Å². The maximum Gasteiger partial charge on any atom is 0.307 e. The second-order valence-corrected chi connectivity index (χ2v) is 4.27. The summed E-state index contributed by atoms with van der Waals surface area (Å²) in [6.07, 6.45) is 3.23. The molecule has 0 amide bonds. The van der Waals surface area contributed by atoms with Crippen LogP contribution in [0.4, 0.5) is 0 Å². The summed E-state index contributed by atoms with van der Waals surface area (Å²) in [7, 11) is 0. The molecule has 0 spiro atoms. The molecular formula is C11H21NO2. The summed E-state index contributed by atoms with van der Waals surface area (Å²) >= 11 is 0. The van der Waals surface area contributed by atoms with Crippen LogP contribution in [-0.4, -0.2) is 35.6 Å². The van der Waals surface area contributed by atoms with Gasteiger partial charge in [0.1, 0.15) is 0 Å². The molecule has 0 aromatic heterocycles. The Labute approximate surface area is 86.1 Å². The van der Waals surface area contributed by atoms with E-state index in [9.17, 15) is 4.79 Å². The molecule has 1 aliphatic rings. The molecule has 1 saturated heterocycles. The van der Waals surface area contributed by atoms with Gasteiger partial charge in [-0.15, -0.1) is 0 Å². The molecule has 0 bridgehead atoms. The van der Waals surface area contributed by atoms with Crippen LogP contribution in [0.3, 0.4) is 0 Å². The Morgan fingerprint density at radius 2 is 2.14 bits per heavy atom. The highest BCUT2D eigenvalue weighted by Gasteiger charge is 2.28. The van der Waals surface area contributed by atoms with Crippen molar-refractivity contribution >= 4 is 5.97 Å². The number of rotatable bonds is 5. The number of hydrogen-bond donors (Lipinski definition) is 1. The van der Waals surface area contributed by atoms with Crippen LogP contribution in [0.1, 0.15) is 33.1 Å². The first-order chi connectivity index (χ1) is 6.67. The molecule has 0 aliphatic carbocycles. The molecule has 1 aliphatic heterocycles. The van der Waals surface area contributed by atoms with Crippen LogP contribution in [0.15, 0.2) is 0 Å². The third-order valence-electron chi connectivity index (χ3n) is 3.29. The predicted octanol–water partition coefficient (Wildman–Crippen LogP) is 1.83. The fraction of sp³-hybridized carbons (Fsp3) is 0.909. The van der Waals surface area contributed by atoms with Crippen molar-refractivity contribution in [2.24, 2.45) is 11.8 Å². The van der Waals surface area contributed by atoms with E-state index in [4.69, 9.17) is 5.11 Å². The third kappa shape index (κ3) is 2.98. The predicted molar refractivity (Wildman–Crippen MR) is 56.3 cm³/mol. The van der Waals surface area contributed by atoms with Gasteiger partial charge in [0.05, 0.1) is 5.92 Å². The molecule has 1 atom stereocenters. The van der Waals surface area contributed by atoms with Gasteiger partial charge in [-0.05, 0) is 18.9 Å². The zero-order chi connectivity index (χ0) is 10.6. The van der Waals surface area contributed by atoms with Crippen molar-refractivity contribution in [2.45, 2.75) is 33.1 Å². The van der Waals surface area contributed by atoms with E-state index in [1.807, 2.05) is 0 Å². The Balaban J connectivity index is 2.31. The Bertz CT molecular complexity index is 190. The van der Waals surface area contributed by atoms with Crippen LogP contribution in [0, 0.1) is 11.8 Å². The van der Waals surface area contributed by atoms with Crippen molar-refractivity contribution in [1.29, 1.82) is 0 Å². The molecule has 0 unspecified atom stereocenters. The number of carboxylic acids is 1. The van der Waals surface area contributed by atoms with Gasteiger partial charge < -0.3 is 10.0 Å². The van der Waals surface area contributed by atoms with Crippen LogP contribution in [-0.2, 0) is 4.79 Å². The minimum absolute atomic E-state index is 0.121. The van der Waals surface area contributed by atoms with E-state index in [0.717, 1.165) is 32.0 Å². The third-order valence-corrected chi connectivity index (χ3v) is 3.29. The lowest BCUT2D eigenvalue weighted by atomic mass is 10.0. The van der Waals surface area contributed by atoms with Crippen molar-refractivity contribution in [3.63, 3.8) is 0 Å². The van der Waals surface area contributed by atoms with E-state index in [-0.39, 0.29) is 5.92 Å². The Morgan fingerprint density at radius 3 is 2.57 bits per heavy atom. The smallest absolute Gasteiger partial charge is 0.307 e. The molecule has 1 fully saturated rings. The lowest BCUT2D eigenvalue weighted by Gasteiger charge is -2.21. The second kappa shape index (κ2) is 5.35. The quantitative estimate of drug-likeness (QED) is 0.734. The van der Waals surface area contributed by atoms with Gasteiger partial charge in [0.15, 0.2) is 0 Å². The maximum absolute atomic E-state index is 10.7. The molecule has 1 rings (SSSR count). The second-order valence-electron chi connectivity index (χ2n) is 4.27. The average Bonchev–Trinajstić information content (AvgIpc) is 2.62. The highest BCUT2D eigenvalue weighted by atomic mass is 16.4. The molecule has 82 valence electrons. The topological polar surface area (TPSA) is 40.5 Å². The van der Waals surface area contributed by atoms with Crippen LogP contribution >= 0.6 is 0 Å². The normalized spacial score (nSPS) is 23.2. The average molecular weight is 199 g/mol. The number of carboxylic acid groups (broad SMARTS) is 1. The highest BCUT2D eigenvalue weighted by Crippen LogP contribution is 2.19. The van der Waals surface area contributed by atoms with E-state index >= 15 is 0 Å². The Morgan fingerprint density at radius 1 is 1.50 bits per heavy atom. The summed E-state index contributed by atoms with van der Waals surface area (Å²) in [6.45, 7) is 7.22. The van der Waals surface area contributed by atoms with Gasteiger partial charge in [0.25, 0.3) is 0 Å². The zero-order valence-electron chi connectivity index (χ0n) is 9.20. The van der Waals surface area contributed by atoms with E-state index < -0.39 is 5.97 Å². The number of nitrogens with zero attached hydrogens (tertiary/aromatic N) is 1. The van der Waals surface area contributed by atoms with E-state index in [1.54, 1.807) is 0 Å². The van der Waals surface area contributed by atoms with E-state index in [2.05, 4.69) is 18.7 Å². The summed E-state index contributed by atoms with van der Waals surface area (Å²) < 4.78 is 0. The van der Waals surface area contributed by atoms with Gasteiger partial charge >= 0.3 is 5.97 Å². The van der Waals surface area contributed by atoms with Gasteiger partial charge in [0, 0.05) is 13.1 Å². The number of aliphatic carboxylic acids is 1. The number of carbonyl (C=O) groups is 1. The highest BCUT2D eigenvalue weighted by molar-refractivity contribution is 5.70. The molecule has 14 heavy (non-hydrogen) atoms. The van der Waals surface area contributed by atoms with Gasteiger partial charge in [0.2, 0.25) is 0 Å². The summed E-state index contributed by atoms with van der Waals surface area (Å²) in [5.41, 5.74) is 0. The lowest BCUT2D eigenvalue weighted by molar-refractivity contribution is -0.141. The molecule has 0 saturated carbocycles. The van der Waals surface area contributed by atoms with Crippen molar-refractivity contribution in [3.05, 3.63) is 0 Å². The molecular weight excluding hydrogens is 178 g/mol. The summed E-state index contributed by atoms with van der Waals surface area (Å²) in [4.78, 5) is 13.0. The van der Waals surface area contributed by atoms with Crippen molar-refractivity contribution in [2.75, 3.05) is 19.6 Å². The lowest BCUT2D eigenvalue weighted by Crippen LogP contribution is -2.28. The first-order valence-electron chi connectivity index (χ1n) is 5.62. The molecule has 1 heterocycles. The van der Waals surface area contributed by atoms with Gasteiger partial charge in [-0.3, -0.25) is 4.79 Å². The van der Waals surface area contributed by atoms with Crippen LogP contribution in [0.2, 0.25) is 0 Å². The monoisotopic (exact) mass is 199 g/mol. The standard InChI is InChI=1S/C11H21NO2/c1-3-9(4-2)7-12-6-5-10(8-12)11(13)14/h9-10H,3-8H2,1-2H3,(H,13,14)/t10-/m1/s1. The molecule has 3 heteroatoms. The Hall–Kier alpha value is -0.570. The summed E-state index contributed by atoms with van der Waals surface area (Å²) in [6, 6.07) is 0. The Kier molecular flexibility index (Phi) is 4.39. The van der Waals surface area contributed by atoms with Crippen LogP contribution < -0.4 is 0 Å². The summed E-state index contributed by atoms with van der Waals surface area (Å²) in [5, 5.41) is 8.85. The fourth-order valence-electron chi connectivity index (χ4n) is 2.11. The SMILES string of the molecule is CCC(CC)CN1CC[C@@H](C(=O)O)C1. The summed E-state index contributed by atoms with van der Waals surface area (Å²) in [5.74, 6) is -0.0102. The number of hydrogen-bond acceptors (Lipinski definition) is 2. The van der Waals surface area contributed by atoms with Gasteiger partial charge in [-0.2, -0.15) is 0 Å². The molecule has 1 N–H and O–H groups in total. The van der Waals surface area contributed by atoms with Gasteiger partial charge in [-0.1, -0.05) is 26.7 Å². The molecule has 3 nitrogen and oxygen atoms in total. The van der Waals surface area contributed by atoms with Crippen molar-refractivity contribution in [3.8, 4) is 0 Å². The minimum Gasteiger partial charge on any atom is -0.481 e. The minimum atomic E-state index is -0.628. The maximum atomic E-state index is 10.7. The first kappa shape index (κ1) is 11.5. The zero-order valence-corrected chi connectivity index (χ0v) is 9.20. The molecule has 0 aromatic rings. The van der Waals surface area contributed by atoms with Crippen LogP contribution in [0.25, 0.3) is 0 Å². The largest absolute Gasteiger partial charge is 0.481 e. The number of likely N-dealkylation sites (tertiary alicyclic amines) is 1. The van der Waals surface area contributed by atoms with Crippen molar-refractivity contribution in [1.82, 2.24) is 4.90 Å². The van der Waals surface area contributed by atoms with E-state index in [1.165, 1.54) is 12.8 Å². The fourth-order valence-corrected chi connectivity index (χ4v) is 2.11. The van der Waals surface area contributed by atoms with Crippen molar-refractivity contribution < 1.29 is 9.90 Å². The molecule has 0 radical (unpaired) electrons. The van der Waals surface area contributed by atoms with Crippen LogP contribution in [0.5, 0.6) is 0 Å².